The number of hydrogen-bond acceptors (Lipinski definition) is 6. The highest BCUT2D eigenvalue weighted by Gasteiger charge is 2.12. The zero-order valence-corrected chi connectivity index (χ0v) is 12.2. The lowest BCUT2D eigenvalue weighted by Crippen LogP contribution is -2.41. The Balaban J connectivity index is 1.54. The Morgan fingerprint density at radius 2 is 2.18 bits per heavy atom. The first-order valence-electron chi connectivity index (χ1n) is 7.28. The van der Waals surface area contributed by atoms with Crippen molar-refractivity contribution in [2.75, 3.05) is 39.4 Å². The maximum atomic E-state index is 12.2. The smallest absolute Gasteiger partial charge is 0.251 e. The van der Waals surface area contributed by atoms with Crippen LogP contribution in [-0.4, -0.2) is 60.3 Å². The minimum atomic E-state index is -0.0985. The van der Waals surface area contributed by atoms with Gasteiger partial charge >= 0.3 is 0 Å². The summed E-state index contributed by atoms with van der Waals surface area (Å²) >= 11 is 0. The van der Waals surface area contributed by atoms with Crippen LogP contribution in [-0.2, 0) is 4.74 Å². The Labute approximate surface area is 128 Å². The van der Waals surface area contributed by atoms with Crippen LogP contribution in [0.2, 0.25) is 0 Å². The Morgan fingerprint density at radius 1 is 1.32 bits per heavy atom. The van der Waals surface area contributed by atoms with Crippen molar-refractivity contribution in [2.45, 2.75) is 0 Å². The van der Waals surface area contributed by atoms with Crippen LogP contribution in [0.25, 0.3) is 11.4 Å². The monoisotopic (exact) mass is 302 g/mol. The second-order valence-corrected chi connectivity index (χ2v) is 5.05. The summed E-state index contributed by atoms with van der Waals surface area (Å²) in [5.74, 6) is 0.376. The van der Waals surface area contributed by atoms with E-state index in [0.717, 1.165) is 38.4 Å². The largest absolute Gasteiger partial charge is 0.379 e. The third kappa shape index (κ3) is 3.69. The van der Waals surface area contributed by atoms with Gasteiger partial charge in [-0.1, -0.05) is 17.3 Å². The highest BCUT2D eigenvalue weighted by Crippen LogP contribution is 2.15. The number of carbonyl (C=O) groups is 1. The van der Waals surface area contributed by atoms with E-state index in [1.54, 1.807) is 12.1 Å². The predicted molar refractivity (Wildman–Crippen MR) is 79.3 cm³/mol. The molecule has 1 aromatic heterocycles. The van der Waals surface area contributed by atoms with Gasteiger partial charge in [0.05, 0.1) is 13.2 Å². The molecule has 2 heterocycles. The molecule has 116 valence electrons. The molecule has 0 atom stereocenters. The first-order valence-corrected chi connectivity index (χ1v) is 7.28. The van der Waals surface area contributed by atoms with Crippen molar-refractivity contribution in [1.29, 1.82) is 0 Å². The van der Waals surface area contributed by atoms with Crippen molar-refractivity contribution >= 4 is 5.91 Å². The summed E-state index contributed by atoms with van der Waals surface area (Å²) in [6.07, 6.45) is 1.27. The highest BCUT2D eigenvalue weighted by atomic mass is 16.5. The second kappa shape index (κ2) is 7.15. The molecule has 1 saturated heterocycles. The number of nitrogens with one attached hydrogen (secondary N) is 1. The predicted octanol–water partition coefficient (Wildman–Crippen LogP) is 0.799. The molecule has 7 heteroatoms. The number of benzene rings is 1. The maximum absolute atomic E-state index is 12.2. The molecule has 1 N–H and O–H groups in total. The normalized spacial score (nSPS) is 15.6. The van der Waals surface area contributed by atoms with E-state index >= 15 is 0 Å². The Morgan fingerprint density at radius 3 is 2.95 bits per heavy atom. The fourth-order valence-electron chi connectivity index (χ4n) is 2.35. The first kappa shape index (κ1) is 14.7. The van der Waals surface area contributed by atoms with E-state index in [-0.39, 0.29) is 5.91 Å². The average Bonchev–Trinajstić information content (AvgIpc) is 3.10. The summed E-state index contributed by atoms with van der Waals surface area (Å²) in [6, 6.07) is 7.18. The molecule has 3 rings (SSSR count). The first-order chi connectivity index (χ1) is 10.8. The molecule has 1 fully saturated rings. The fraction of sp³-hybridized carbons (Fsp3) is 0.400. The SMILES string of the molecule is O=C(NCCN1CCOCC1)c1cccc(-c2ncon2)c1. The zero-order valence-electron chi connectivity index (χ0n) is 12.2. The van der Waals surface area contributed by atoms with Crippen LogP contribution < -0.4 is 5.32 Å². The van der Waals surface area contributed by atoms with Crippen LogP contribution in [0.5, 0.6) is 0 Å². The Hall–Kier alpha value is -2.25. The number of morpholine rings is 1. The zero-order chi connectivity index (χ0) is 15.2. The topological polar surface area (TPSA) is 80.5 Å². The van der Waals surface area contributed by atoms with Crippen molar-refractivity contribution in [1.82, 2.24) is 20.4 Å². The van der Waals surface area contributed by atoms with Gasteiger partial charge < -0.3 is 14.6 Å². The van der Waals surface area contributed by atoms with E-state index in [1.807, 2.05) is 12.1 Å². The third-order valence-corrected chi connectivity index (χ3v) is 3.56. The maximum Gasteiger partial charge on any atom is 0.251 e. The second-order valence-electron chi connectivity index (χ2n) is 5.05. The van der Waals surface area contributed by atoms with Gasteiger partial charge in [-0.05, 0) is 12.1 Å². The summed E-state index contributed by atoms with van der Waals surface area (Å²) in [4.78, 5) is 18.4. The van der Waals surface area contributed by atoms with Gasteiger partial charge in [-0.15, -0.1) is 0 Å². The molecule has 0 spiro atoms. The van der Waals surface area contributed by atoms with Gasteiger partial charge in [0.15, 0.2) is 0 Å². The van der Waals surface area contributed by atoms with Crippen molar-refractivity contribution in [3.05, 3.63) is 36.2 Å². The Kier molecular flexibility index (Phi) is 4.77. The summed E-state index contributed by atoms with van der Waals surface area (Å²) in [7, 11) is 0. The van der Waals surface area contributed by atoms with Gasteiger partial charge in [0.2, 0.25) is 12.2 Å². The average molecular weight is 302 g/mol. The number of ether oxygens (including phenoxy) is 1. The molecule has 1 aliphatic heterocycles. The van der Waals surface area contributed by atoms with Crippen LogP contribution in [0.4, 0.5) is 0 Å². The van der Waals surface area contributed by atoms with Gasteiger partial charge in [0.25, 0.3) is 5.91 Å². The van der Waals surface area contributed by atoms with Crippen LogP contribution in [0.3, 0.4) is 0 Å². The van der Waals surface area contributed by atoms with Gasteiger partial charge in [-0.2, -0.15) is 4.98 Å². The van der Waals surface area contributed by atoms with Crippen molar-refractivity contribution < 1.29 is 14.1 Å². The van der Waals surface area contributed by atoms with Gasteiger partial charge in [-0.25, -0.2) is 0 Å². The van der Waals surface area contributed by atoms with Gasteiger partial charge in [-0.3, -0.25) is 9.69 Å². The van der Waals surface area contributed by atoms with Crippen molar-refractivity contribution in [3.8, 4) is 11.4 Å². The minimum Gasteiger partial charge on any atom is -0.379 e. The molecule has 0 aliphatic carbocycles. The number of nitrogens with zero attached hydrogens (tertiary/aromatic N) is 3. The van der Waals surface area contributed by atoms with Crippen molar-refractivity contribution in [2.24, 2.45) is 0 Å². The molecule has 22 heavy (non-hydrogen) atoms. The van der Waals surface area contributed by atoms with E-state index in [0.29, 0.717) is 17.9 Å². The number of aromatic nitrogens is 2. The number of amides is 1. The van der Waals surface area contributed by atoms with E-state index < -0.39 is 0 Å². The van der Waals surface area contributed by atoms with E-state index in [9.17, 15) is 4.79 Å². The number of rotatable bonds is 5. The van der Waals surface area contributed by atoms with Crippen LogP contribution in [0, 0.1) is 0 Å². The summed E-state index contributed by atoms with van der Waals surface area (Å²) in [5.41, 5.74) is 1.35. The lowest BCUT2D eigenvalue weighted by molar-refractivity contribution is 0.0383. The van der Waals surface area contributed by atoms with Crippen LogP contribution >= 0.6 is 0 Å². The van der Waals surface area contributed by atoms with Crippen LogP contribution in [0.1, 0.15) is 10.4 Å². The van der Waals surface area contributed by atoms with Gasteiger partial charge in [0.1, 0.15) is 0 Å². The number of hydrogen-bond donors (Lipinski definition) is 1. The quantitative estimate of drug-likeness (QED) is 0.880. The fourth-order valence-corrected chi connectivity index (χ4v) is 2.35. The van der Waals surface area contributed by atoms with Crippen molar-refractivity contribution in [3.63, 3.8) is 0 Å². The van der Waals surface area contributed by atoms with E-state index in [1.165, 1.54) is 6.39 Å². The molecule has 0 saturated carbocycles. The van der Waals surface area contributed by atoms with Gasteiger partial charge in [0, 0.05) is 37.3 Å². The van der Waals surface area contributed by atoms with Crippen LogP contribution in [0.15, 0.2) is 35.2 Å². The minimum absolute atomic E-state index is 0.0985. The lowest BCUT2D eigenvalue weighted by Gasteiger charge is -2.26. The molecule has 0 unspecified atom stereocenters. The molecule has 1 aromatic carbocycles. The standard InChI is InChI=1S/C15H18N4O3/c20-15(16-4-5-19-6-8-21-9-7-19)13-3-1-2-12(10-13)14-17-11-22-18-14/h1-3,10-11H,4-9H2,(H,16,20). The molecule has 2 aromatic rings. The molecule has 1 amide bonds. The molecular formula is C15H18N4O3. The summed E-state index contributed by atoms with van der Waals surface area (Å²) in [5, 5.41) is 6.71. The molecule has 0 radical (unpaired) electrons. The summed E-state index contributed by atoms with van der Waals surface area (Å²) < 4.78 is 10.0. The third-order valence-electron chi connectivity index (χ3n) is 3.56. The highest BCUT2D eigenvalue weighted by molar-refractivity contribution is 5.95. The molecule has 0 bridgehead atoms. The Bertz CT molecular complexity index is 609. The lowest BCUT2D eigenvalue weighted by atomic mass is 10.1. The summed E-state index contributed by atoms with van der Waals surface area (Å²) in [6.45, 7) is 4.82. The number of carbonyl (C=O) groups excluding carboxylic acids is 1. The molecular weight excluding hydrogens is 284 g/mol. The van der Waals surface area contributed by atoms with E-state index in [4.69, 9.17) is 9.26 Å². The molecule has 7 nitrogen and oxygen atoms in total. The van der Waals surface area contributed by atoms with E-state index in [2.05, 4.69) is 20.4 Å². The molecule has 1 aliphatic rings.